The summed E-state index contributed by atoms with van der Waals surface area (Å²) in [5.41, 5.74) is 6.50. The van der Waals surface area contributed by atoms with Crippen LogP contribution in [0.15, 0.2) is 24.3 Å². The van der Waals surface area contributed by atoms with Crippen LogP contribution in [0.4, 0.5) is 0 Å². The third-order valence-corrected chi connectivity index (χ3v) is 4.81. The fraction of sp³-hybridized carbons (Fsp3) is 0.632. The van der Waals surface area contributed by atoms with Crippen molar-refractivity contribution in [3.63, 3.8) is 0 Å². The Morgan fingerprint density at radius 2 is 1.92 bits per heavy atom. The van der Waals surface area contributed by atoms with E-state index in [9.17, 15) is 4.79 Å². The third-order valence-electron chi connectivity index (χ3n) is 4.81. The molecule has 0 unspecified atom stereocenters. The van der Waals surface area contributed by atoms with Gasteiger partial charge in [0, 0.05) is 44.8 Å². The molecule has 2 aliphatic heterocycles. The first-order valence-corrected chi connectivity index (χ1v) is 9.36. The van der Waals surface area contributed by atoms with E-state index in [1.807, 2.05) is 18.2 Å². The Labute approximate surface area is 155 Å². The van der Waals surface area contributed by atoms with Gasteiger partial charge in [0.2, 0.25) is 5.91 Å². The molecule has 7 heteroatoms. The first kappa shape index (κ1) is 19.1. The first-order chi connectivity index (χ1) is 12.7. The minimum absolute atomic E-state index is 0.401. The van der Waals surface area contributed by atoms with E-state index in [4.69, 9.17) is 19.9 Å². The lowest BCUT2D eigenvalue weighted by atomic mass is 10.1. The zero-order chi connectivity index (χ0) is 18.2. The van der Waals surface area contributed by atoms with Crippen LogP contribution in [-0.4, -0.2) is 81.0 Å². The van der Waals surface area contributed by atoms with Crippen LogP contribution in [0.1, 0.15) is 12.0 Å². The summed E-state index contributed by atoms with van der Waals surface area (Å²) in [4.78, 5) is 16.0. The van der Waals surface area contributed by atoms with Gasteiger partial charge in [-0.3, -0.25) is 14.6 Å². The van der Waals surface area contributed by atoms with Crippen LogP contribution in [0.2, 0.25) is 0 Å². The third kappa shape index (κ3) is 5.67. The summed E-state index contributed by atoms with van der Waals surface area (Å²) < 4.78 is 16.8. The van der Waals surface area contributed by atoms with E-state index in [0.29, 0.717) is 19.8 Å². The molecule has 0 saturated carbocycles. The van der Waals surface area contributed by atoms with Gasteiger partial charge >= 0.3 is 0 Å². The van der Waals surface area contributed by atoms with Crippen molar-refractivity contribution in [3.8, 4) is 5.75 Å². The monoisotopic (exact) mass is 363 g/mol. The zero-order valence-corrected chi connectivity index (χ0v) is 15.3. The van der Waals surface area contributed by atoms with Crippen molar-refractivity contribution in [3.05, 3.63) is 29.8 Å². The molecule has 1 amide bonds. The Morgan fingerprint density at radius 3 is 2.73 bits per heavy atom. The highest BCUT2D eigenvalue weighted by atomic mass is 16.5. The molecule has 3 rings (SSSR count). The van der Waals surface area contributed by atoms with Crippen LogP contribution < -0.4 is 10.5 Å². The van der Waals surface area contributed by atoms with Gasteiger partial charge in [-0.1, -0.05) is 18.2 Å². The molecule has 0 aromatic heterocycles. The van der Waals surface area contributed by atoms with E-state index < -0.39 is 12.0 Å². The van der Waals surface area contributed by atoms with E-state index >= 15 is 0 Å². The molecule has 1 atom stereocenters. The highest BCUT2D eigenvalue weighted by Gasteiger charge is 2.25. The second-order valence-electron chi connectivity index (χ2n) is 6.76. The van der Waals surface area contributed by atoms with Gasteiger partial charge in [0.1, 0.15) is 11.9 Å². The van der Waals surface area contributed by atoms with Crippen LogP contribution in [0.25, 0.3) is 0 Å². The number of benzene rings is 1. The molecule has 1 aromatic carbocycles. The summed E-state index contributed by atoms with van der Waals surface area (Å²) in [5, 5.41) is 0. The molecule has 2 N–H and O–H groups in total. The van der Waals surface area contributed by atoms with E-state index in [-0.39, 0.29) is 0 Å². The van der Waals surface area contributed by atoms with Crippen molar-refractivity contribution in [2.45, 2.75) is 19.1 Å². The standard InChI is InChI=1S/C19H29N3O4/c20-19(23)18-15-22(9-13-26-18)14-16-4-1-2-5-17(16)25-10-3-6-21-7-11-24-12-8-21/h1-2,4-5,18H,3,6-15H2,(H2,20,23)/t18-/m1/s1. The molecule has 144 valence electrons. The van der Waals surface area contributed by atoms with Crippen LogP contribution in [0, 0.1) is 0 Å². The van der Waals surface area contributed by atoms with Gasteiger partial charge in [-0.15, -0.1) is 0 Å². The number of rotatable bonds is 8. The fourth-order valence-corrected chi connectivity index (χ4v) is 3.33. The Kier molecular flexibility index (Phi) is 7.25. The van der Waals surface area contributed by atoms with Gasteiger partial charge in [0.05, 0.1) is 26.4 Å². The molecule has 7 nitrogen and oxygen atoms in total. The van der Waals surface area contributed by atoms with E-state index in [2.05, 4.69) is 15.9 Å². The van der Waals surface area contributed by atoms with Crippen molar-refractivity contribution >= 4 is 5.91 Å². The lowest BCUT2D eigenvalue weighted by Crippen LogP contribution is -2.47. The second-order valence-corrected chi connectivity index (χ2v) is 6.76. The highest BCUT2D eigenvalue weighted by Crippen LogP contribution is 2.21. The number of carbonyl (C=O) groups is 1. The predicted octanol–water partition coefficient (Wildman–Crippen LogP) is 0.474. The SMILES string of the molecule is NC(=O)[C@H]1CN(Cc2ccccc2OCCCN2CCOCC2)CCO1. The number of ether oxygens (including phenoxy) is 3. The number of para-hydroxylation sites is 1. The normalized spacial score (nSPS) is 22.2. The lowest BCUT2D eigenvalue weighted by molar-refractivity contribution is -0.135. The Morgan fingerprint density at radius 1 is 1.15 bits per heavy atom. The molecule has 2 heterocycles. The van der Waals surface area contributed by atoms with Gasteiger partial charge in [-0.25, -0.2) is 0 Å². The smallest absolute Gasteiger partial charge is 0.247 e. The molecule has 26 heavy (non-hydrogen) atoms. The average molecular weight is 363 g/mol. The first-order valence-electron chi connectivity index (χ1n) is 9.36. The van der Waals surface area contributed by atoms with E-state index in [1.165, 1.54) is 0 Å². The summed E-state index contributed by atoms with van der Waals surface area (Å²) in [7, 11) is 0. The number of nitrogens with two attached hydrogens (primary N) is 1. The molecule has 1 aromatic rings. The average Bonchev–Trinajstić information content (AvgIpc) is 2.67. The number of amides is 1. The van der Waals surface area contributed by atoms with Gasteiger partial charge in [-0.05, 0) is 12.5 Å². The van der Waals surface area contributed by atoms with E-state index in [0.717, 1.165) is 63.7 Å². The number of primary amides is 1. The largest absolute Gasteiger partial charge is 0.493 e. The van der Waals surface area contributed by atoms with Gasteiger partial charge < -0.3 is 19.9 Å². The fourth-order valence-electron chi connectivity index (χ4n) is 3.33. The summed E-state index contributed by atoms with van der Waals surface area (Å²) in [6.07, 6.45) is 0.473. The molecule has 0 aliphatic carbocycles. The Balaban J connectivity index is 1.47. The zero-order valence-electron chi connectivity index (χ0n) is 15.3. The topological polar surface area (TPSA) is 77.3 Å². The molecule has 2 fully saturated rings. The van der Waals surface area contributed by atoms with Crippen LogP contribution in [-0.2, 0) is 20.8 Å². The van der Waals surface area contributed by atoms with Crippen LogP contribution >= 0.6 is 0 Å². The molecule has 2 aliphatic rings. The summed E-state index contributed by atoms with van der Waals surface area (Å²) in [6, 6.07) is 8.09. The molecule has 0 radical (unpaired) electrons. The predicted molar refractivity (Wildman–Crippen MR) is 98.0 cm³/mol. The number of hydrogen-bond acceptors (Lipinski definition) is 6. The van der Waals surface area contributed by atoms with E-state index in [1.54, 1.807) is 0 Å². The maximum Gasteiger partial charge on any atom is 0.247 e. The minimum atomic E-state index is -0.523. The molecule has 0 spiro atoms. The van der Waals surface area contributed by atoms with Crippen molar-refractivity contribution in [2.24, 2.45) is 5.73 Å². The minimum Gasteiger partial charge on any atom is -0.493 e. The quantitative estimate of drug-likeness (QED) is 0.677. The second kappa shape index (κ2) is 9.87. The van der Waals surface area contributed by atoms with Gasteiger partial charge in [0.25, 0.3) is 0 Å². The van der Waals surface area contributed by atoms with Crippen molar-refractivity contribution in [1.82, 2.24) is 9.80 Å². The maximum absolute atomic E-state index is 11.4. The molecule has 0 bridgehead atoms. The van der Waals surface area contributed by atoms with Crippen LogP contribution in [0.5, 0.6) is 5.75 Å². The van der Waals surface area contributed by atoms with Crippen molar-refractivity contribution in [1.29, 1.82) is 0 Å². The molecular formula is C19H29N3O4. The molecular weight excluding hydrogens is 334 g/mol. The van der Waals surface area contributed by atoms with Crippen molar-refractivity contribution in [2.75, 3.05) is 59.2 Å². The lowest BCUT2D eigenvalue weighted by Gasteiger charge is -2.31. The number of hydrogen-bond donors (Lipinski definition) is 1. The van der Waals surface area contributed by atoms with Crippen molar-refractivity contribution < 1.29 is 19.0 Å². The number of carbonyl (C=O) groups excluding carboxylic acids is 1. The Bertz CT molecular complexity index is 578. The van der Waals surface area contributed by atoms with Gasteiger partial charge in [0.15, 0.2) is 0 Å². The molecule has 2 saturated heterocycles. The Hall–Kier alpha value is -1.67. The summed E-state index contributed by atoms with van der Waals surface area (Å²) in [6.45, 7) is 7.98. The highest BCUT2D eigenvalue weighted by molar-refractivity contribution is 5.79. The number of morpholine rings is 2. The van der Waals surface area contributed by atoms with Crippen LogP contribution in [0.3, 0.4) is 0 Å². The maximum atomic E-state index is 11.4. The van der Waals surface area contributed by atoms with Gasteiger partial charge in [-0.2, -0.15) is 0 Å². The summed E-state index contributed by atoms with van der Waals surface area (Å²) in [5.74, 6) is 0.513. The number of nitrogens with zero attached hydrogens (tertiary/aromatic N) is 2. The summed E-state index contributed by atoms with van der Waals surface area (Å²) >= 11 is 0.